The molecule has 2 aromatic heterocycles. The molecule has 0 aliphatic rings. The molecule has 0 saturated heterocycles. The van der Waals surface area contributed by atoms with Gasteiger partial charge in [0.2, 0.25) is 0 Å². The summed E-state index contributed by atoms with van der Waals surface area (Å²) in [6.07, 6.45) is 3.33. The van der Waals surface area contributed by atoms with Crippen LogP contribution in [0, 0.1) is 0 Å². The van der Waals surface area contributed by atoms with Crippen LogP contribution in [0.4, 0.5) is 0 Å². The molecule has 0 fully saturated rings. The summed E-state index contributed by atoms with van der Waals surface area (Å²) >= 11 is 0. The summed E-state index contributed by atoms with van der Waals surface area (Å²) in [5.74, 6) is -0.0799. The Kier molecular flexibility index (Phi) is 5.56. The van der Waals surface area contributed by atoms with Crippen molar-refractivity contribution in [3.63, 3.8) is 0 Å². The lowest BCUT2D eigenvalue weighted by Crippen LogP contribution is -2.15. The van der Waals surface area contributed by atoms with Gasteiger partial charge in [-0.15, -0.1) is 0 Å². The number of aromatic amines is 2. The smallest absolute Gasteiger partial charge is 0.168 e. The lowest BCUT2D eigenvalue weighted by atomic mass is 9.98. The van der Waals surface area contributed by atoms with E-state index in [1.54, 1.807) is 12.1 Å². The fourth-order valence-corrected chi connectivity index (χ4v) is 4.18. The minimum absolute atomic E-state index is 0.121. The van der Waals surface area contributed by atoms with Gasteiger partial charge in [-0.25, -0.2) is 0 Å². The van der Waals surface area contributed by atoms with Crippen LogP contribution in [0.1, 0.15) is 11.1 Å². The molecule has 0 saturated carbocycles. The summed E-state index contributed by atoms with van der Waals surface area (Å²) < 4.78 is 0. The highest BCUT2D eigenvalue weighted by Crippen LogP contribution is 2.46. The van der Waals surface area contributed by atoms with Gasteiger partial charge < -0.3 is 35.1 Å². The summed E-state index contributed by atoms with van der Waals surface area (Å²) in [4.78, 5) is 10.8. The molecule has 0 amide bonds. The Morgan fingerprint density at radius 2 is 1.55 bits per heavy atom. The van der Waals surface area contributed by atoms with Gasteiger partial charge >= 0.3 is 0 Å². The van der Waals surface area contributed by atoms with E-state index in [4.69, 9.17) is 0 Å². The summed E-state index contributed by atoms with van der Waals surface area (Å²) in [5.41, 5.74) is 4.65. The molecule has 4 aromatic rings. The van der Waals surface area contributed by atoms with Gasteiger partial charge in [0.05, 0.1) is 11.2 Å². The lowest BCUT2D eigenvalue weighted by Gasteiger charge is -2.13. The van der Waals surface area contributed by atoms with Crippen molar-refractivity contribution in [3.8, 4) is 28.5 Å². The van der Waals surface area contributed by atoms with Gasteiger partial charge in [0, 0.05) is 41.1 Å². The third-order valence-corrected chi connectivity index (χ3v) is 5.81. The zero-order chi connectivity index (χ0) is 22.3. The first-order valence-electron chi connectivity index (χ1n) is 10.4. The Morgan fingerprint density at radius 1 is 0.839 bits per heavy atom. The Morgan fingerprint density at radius 3 is 2.26 bits per heavy atom. The van der Waals surface area contributed by atoms with Gasteiger partial charge in [-0.1, -0.05) is 6.07 Å². The standard InChI is InChI=1S/C24H30N4O3/c1-27(2)10-8-14-13-25-18-12-16(23(30)24(31)20(14)18)22-15(9-11-28(3)4)21-17(26-22)6-5-7-19(21)29/h5-7,12-13,25-26,29-31H,8-11H2,1-4H3. The molecular weight excluding hydrogens is 392 g/mol. The highest BCUT2D eigenvalue weighted by atomic mass is 16.3. The predicted molar refractivity (Wildman–Crippen MR) is 125 cm³/mol. The monoisotopic (exact) mass is 422 g/mol. The number of likely N-dealkylation sites (N-methyl/N-ethyl adjacent to an activating group) is 2. The SMILES string of the molecule is CN(C)CCc1c[nH]c2cc(-c3[nH]c4cccc(O)c4c3CCN(C)C)c(O)c(O)c12. The number of H-pyrrole nitrogens is 2. The van der Waals surface area contributed by atoms with E-state index >= 15 is 0 Å². The van der Waals surface area contributed by atoms with Gasteiger partial charge in [0.15, 0.2) is 11.5 Å². The van der Waals surface area contributed by atoms with Crippen molar-refractivity contribution in [3.05, 3.63) is 41.6 Å². The minimum atomic E-state index is -0.157. The molecule has 2 heterocycles. The normalized spacial score (nSPS) is 12.1. The first-order valence-corrected chi connectivity index (χ1v) is 10.4. The second-order valence-electron chi connectivity index (χ2n) is 8.64. The van der Waals surface area contributed by atoms with E-state index in [9.17, 15) is 15.3 Å². The molecule has 0 aliphatic carbocycles. The van der Waals surface area contributed by atoms with Gasteiger partial charge in [-0.3, -0.25) is 0 Å². The van der Waals surface area contributed by atoms with Crippen molar-refractivity contribution in [2.45, 2.75) is 12.8 Å². The highest BCUT2D eigenvalue weighted by Gasteiger charge is 2.23. The van der Waals surface area contributed by atoms with Crippen LogP contribution in [0.25, 0.3) is 33.1 Å². The van der Waals surface area contributed by atoms with E-state index in [0.29, 0.717) is 23.1 Å². The third kappa shape index (κ3) is 3.82. The number of hydrogen-bond acceptors (Lipinski definition) is 5. The Labute approximate surface area is 181 Å². The molecule has 0 spiro atoms. The van der Waals surface area contributed by atoms with Crippen LogP contribution in [-0.4, -0.2) is 76.4 Å². The first-order chi connectivity index (χ1) is 14.8. The van der Waals surface area contributed by atoms with E-state index in [1.807, 2.05) is 46.5 Å². The molecule has 0 bridgehead atoms. The molecule has 0 radical (unpaired) electrons. The fraction of sp³-hybridized carbons (Fsp3) is 0.333. The topological polar surface area (TPSA) is 98.8 Å². The number of benzene rings is 2. The van der Waals surface area contributed by atoms with E-state index in [1.165, 1.54) is 0 Å². The number of nitrogens with one attached hydrogen (secondary N) is 2. The largest absolute Gasteiger partial charge is 0.507 e. The van der Waals surface area contributed by atoms with E-state index < -0.39 is 0 Å². The maximum Gasteiger partial charge on any atom is 0.168 e. The quantitative estimate of drug-likeness (QED) is 0.293. The van der Waals surface area contributed by atoms with Crippen molar-refractivity contribution >= 4 is 21.8 Å². The van der Waals surface area contributed by atoms with Crippen molar-refractivity contribution in [2.75, 3.05) is 41.3 Å². The van der Waals surface area contributed by atoms with Crippen molar-refractivity contribution < 1.29 is 15.3 Å². The Hall–Kier alpha value is -3.16. The van der Waals surface area contributed by atoms with Gasteiger partial charge in [-0.2, -0.15) is 0 Å². The summed E-state index contributed by atoms with van der Waals surface area (Å²) in [6.45, 7) is 1.62. The summed E-state index contributed by atoms with van der Waals surface area (Å²) in [6, 6.07) is 7.23. The number of fused-ring (bicyclic) bond motifs is 2. The highest BCUT2D eigenvalue weighted by molar-refractivity contribution is 6.01. The van der Waals surface area contributed by atoms with Crippen LogP contribution in [0.15, 0.2) is 30.5 Å². The molecule has 31 heavy (non-hydrogen) atoms. The number of aromatic hydroxyl groups is 3. The molecule has 0 aliphatic heterocycles. The van der Waals surface area contributed by atoms with Crippen LogP contribution in [0.5, 0.6) is 17.2 Å². The molecule has 4 rings (SSSR count). The average Bonchev–Trinajstić information content (AvgIpc) is 3.29. The molecule has 0 unspecified atom stereocenters. The summed E-state index contributed by atoms with van der Waals surface area (Å²) in [7, 11) is 8.01. The predicted octanol–water partition coefficient (Wildman–Crippen LogP) is 3.64. The molecule has 164 valence electrons. The Bertz CT molecular complexity index is 1240. The second kappa shape index (κ2) is 8.17. The van der Waals surface area contributed by atoms with Crippen molar-refractivity contribution in [2.24, 2.45) is 0 Å². The fourth-order valence-electron chi connectivity index (χ4n) is 4.18. The third-order valence-electron chi connectivity index (χ3n) is 5.81. The lowest BCUT2D eigenvalue weighted by molar-refractivity contribution is 0.406. The number of aromatic nitrogens is 2. The van der Waals surface area contributed by atoms with E-state index in [-0.39, 0.29) is 17.2 Å². The summed E-state index contributed by atoms with van der Waals surface area (Å²) in [5, 5.41) is 33.8. The van der Waals surface area contributed by atoms with Gasteiger partial charge in [-0.05, 0) is 70.4 Å². The van der Waals surface area contributed by atoms with Gasteiger partial charge in [0.25, 0.3) is 0 Å². The number of hydrogen-bond donors (Lipinski definition) is 5. The average molecular weight is 423 g/mol. The van der Waals surface area contributed by atoms with Crippen molar-refractivity contribution in [1.29, 1.82) is 0 Å². The van der Waals surface area contributed by atoms with Crippen LogP contribution in [0.2, 0.25) is 0 Å². The molecule has 2 aromatic carbocycles. The van der Waals surface area contributed by atoms with E-state index in [0.717, 1.165) is 47.1 Å². The van der Waals surface area contributed by atoms with Crippen LogP contribution in [-0.2, 0) is 12.8 Å². The van der Waals surface area contributed by atoms with E-state index in [2.05, 4.69) is 19.8 Å². The van der Waals surface area contributed by atoms with Crippen LogP contribution >= 0.6 is 0 Å². The van der Waals surface area contributed by atoms with Crippen molar-refractivity contribution in [1.82, 2.24) is 19.8 Å². The second-order valence-corrected chi connectivity index (χ2v) is 8.64. The molecule has 7 heteroatoms. The minimum Gasteiger partial charge on any atom is -0.507 e. The number of phenolic OH excluding ortho intramolecular Hbond substituents is 3. The molecule has 5 N–H and O–H groups in total. The zero-order valence-electron chi connectivity index (χ0n) is 18.5. The van der Waals surface area contributed by atoms with Gasteiger partial charge in [0.1, 0.15) is 5.75 Å². The first kappa shape index (κ1) is 21.1. The maximum absolute atomic E-state index is 11.0. The number of phenols is 3. The maximum atomic E-state index is 11.0. The molecule has 7 nitrogen and oxygen atoms in total. The molecule has 0 atom stereocenters. The van der Waals surface area contributed by atoms with Crippen LogP contribution < -0.4 is 0 Å². The molecular formula is C24H30N4O3. The van der Waals surface area contributed by atoms with Crippen LogP contribution in [0.3, 0.4) is 0 Å². The number of rotatable bonds is 7. The Balaban J connectivity index is 1.89. The number of nitrogens with zero attached hydrogens (tertiary/aromatic N) is 2. The zero-order valence-corrected chi connectivity index (χ0v) is 18.5.